The van der Waals surface area contributed by atoms with Gasteiger partial charge >= 0.3 is 0 Å². The molecule has 3 nitrogen and oxygen atoms in total. The van der Waals surface area contributed by atoms with E-state index in [1.54, 1.807) is 30.5 Å². The Hall–Kier alpha value is -2.40. The van der Waals surface area contributed by atoms with Gasteiger partial charge in [-0.2, -0.15) is 0 Å². The van der Waals surface area contributed by atoms with Gasteiger partial charge in [-0.3, -0.25) is 0 Å². The van der Waals surface area contributed by atoms with Gasteiger partial charge in [-0.15, -0.1) is 0 Å². The van der Waals surface area contributed by atoms with Crippen LogP contribution in [0, 0.1) is 5.82 Å². The summed E-state index contributed by atoms with van der Waals surface area (Å²) in [6.45, 7) is 1.90. The van der Waals surface area contributed by atoms with Crippen molar-refractivity contribution in [3.8, 4) is 22.5 Å². The van der Waals surface area contributed by atoms with Gasteiger partial charge in [0.1, 0.15) is 16.5 Å². The number of benzene rings is 2. The number of hydrogen-bond acceptors (Lipinski definition) is 3. The van der Waals surface area contributed by atoms with Crippen LogP contribution in [0.5, 0.6) is 0 Å². The van der Waals surface area contributed by atoms with E-state index in [0.29, 0.717) is 17.5 Å². The first kappa shape index (κ1) is 16.5. The van der Waals surface area contributed by atoms with Crippen molar-refractivity contribution in [3.63, 3.8) is 0 Å². The summed E-state index contributed by atoms with van der Waals surface area (Å²) in [6.07, 6.45) is 3.24. The first-order chi connectivity index (χ1) is 11.4. The molecule has 1 heterocycles. The number of hydrogen-bond donors (Lipinski definition) is 0. The molecule has 0 bridgehead atoms. The van der Waals surface area contributed by atoms with Crippen LogP contribution in [0.4, 0.5) is 4.39 Å². The zero-order chi connectivity index (χ0) is 17.3. The van der Waals surface area contributed by atoms with Gasteiger partial charge in [0.05, 0.1) is 6.26 Å². The highest BCUT2D eigenvalue weighted by molar-refractivity contribution is 7.90. The summed E-state index contributed by atoms with van der Waals surface area (Å²) < 4.78 is 43.8. The first-order valence-corrected chi connectivity index (χ1v) is 9.46. The molecule has 5 heteroatoms. The maximum absolute atomic E-state index is 14.4. The average Bonchev–Trinajstić information content (AvgIpc) is 3.07. The standard InChI is InChI=1S/C19H17FO3S/c1-3-13-11-16(19(17(20)12-13)24(2,21)22)14-6-8-15(9-7-14)18-5-4-10-23-18/h4-12H,3H2,1-2H3. The average molecular weight is 344 g/mol. The minimum Gasteiger partial charge on any atom is -0.464 e. The molecule has 24 heavy (non-hydrogen) atoms. The van der Waals surface area contributed by atoms with Gasteiger partial charge in [0.25, 0.3) is 0 Å². The number of rotatable bonds is 4. The van der Waals surface area contributed by atoms with Crippen molar-refractivity contribution in [1.82, 2.24) is 0 Å². The summed E-state index contributed by atoms with van der Waals surface area (Å²) in [7, 11) is -3.68. The smallest absolute Gasteiger partial charge is 0.179 e. The molecule has 0 spiro atoms. The Kier molecular flexibility index (Phi) is 4.28. The molecule has 2 aromatic carbocycles. The monoisotopic (exact) mass is 344 g/mol. The molecule has 0 saturated heterocycles. The Balaban J connectivity index is 2.16. The Morgan fingerprint density at radius 2 is 1.71 bits per heavy atom. The third-order valence-electron chi connectivity index (χ3n) is 3.88. The van der Waals surface area contributed by atoms with E-state index in [4.69, 9.17) is 4.42 Å². The third-order valence-corrected chi connectivity index (χ3v) is 5.04. The predicted molar refractivity (Wildman–Crippen MR) is 92.0 cm³/mol. The van der Waals surface area contributed by atoms with Crippen LogP contribution in [0.15, 0.2) is 64.1 Å². The van der Waals surface area contributed by atoms with Crippen molar-refractivity contribution in [3.05, 3.63) is 66.2 Å². The summed E-state index contributed by atoms with van der Waals surface area (Å²) in [5.74, 6) is 0.0142. The van der Waals surface area contributed by atoms with E-state index < -0.39 is 15.7 Å². The second-order valence-electron chi connectivity index (χ2n) is 5.63. The number of aryl methyl sites for hydroxylation is 1. The summed E-state index contributed by atoms with van der Waals surface area (Å²) >= 11 is 0. The summed E-state index contributed by atoms with van der Waals surface area (Å²) in [5, 5.41) is 0. The molecule has 0 unspecified atom stereocenters. The molecule has 0 radical (unpaired) electrons. The predicted octanol–water partition coefficient (Wildman–Crippen LogP) is 4.72. The van der Waals surface area contributed by atoms with E-state index in [1.807, 2.05) is 25.1 Å². The molecule has 0 saturated carbocycles. The second-order valence-corrected chi connectivity index (χ2v) is 7.59. The van der Waals surface area contributed by atoms with Crippen LogP contribution in [0.3, 0.4) is 0 Å². The van der Waals surface area contributed by atoms with Crippen LogP contribution in [0.1, 0.15) is 12.5 Å². The van der Waals surface area contributed by atoms with Crippen LogP contribution in [-0.2, 0) is 16.3 Å². The number of halogens is 1. The first-order valence-electron chi connectivity index (χ1n) is 7.57. The fourth-order valence-electron chi connectivity index (χ4n) is 2.70. The van der Waals surface area contributed by atoms with E-state index >= 15 is 0 Å². The van der Waals surface area contributed by atoms with Crippen LogP contribution in [0.2, 0.25) is 0 Å². The molecule has 0 N–H and O–H groups in total. The molecule has 0 amide bonds. The minimum atomic E-state index is -3.68. The maximum atomic E-state index is 14.4. The lowest BCUT2D eigenvalue weighted by molar-refractivity contribution is 0.570. The SMILES string of the molecule is CCc1cc(F)c(S(C)(=O)=O)c(-c2ccc(-c3ccco3)cc2)c1. The zero-order valence-electron chi connectivity index (χ0n) is 13.4. The highest BCUT2D eigenvalue weighted by Gasteiger charge is 2.21. The minimum absolute atomic E-state index is 0.259. The lowest BCUT2D eigenvalue weighted by atomic mass is 10.00. The van der Waals surface area contributed by atoms with Gasteiger partial charge in [0.2, 0.25) is 0 Å². The molecule has 1 aromatic heterocycles. The van der Waals surface area contributed by atoms with E-state index in [1.165, 1.54) is 6.07 Å². The van der Waals surface area contributed by atoms with Crippen LogP contribution in [0.25, 0.3) is 22.5 Å². The van der Waals surface area contributed by atoms with Gasteiger partial charge in [-0.1, -0.05) is 31.2 Å². The van der Waals surface area contributed by atoms with Crippen LogP contribution >= 0.6 is 0 Å². The van der Waals surface area contributed by atoms with Crippen molar-refractivity contribution < 1.29 is 17.2 Å². The van der Waals surface area contributed by atoms with Gasteiger partial charge in [0, 0.05) is 17.4 Å². The molecular formula is C19H17FO3S. The van der Waals surface area contributed by atoms with Crippen molar-refractivity contribution in [2.45, 2.75) is 18.2 Å². The molecule has 3 rings (SSSR count). The van der Waals surface area contributed by atoms with Gasteiger partial charge in [-0.05, 0) is 41.8 Å². The van der Waals surface area contributed by atoms with E-state index in [0.717, 1.165) is 23.1 Å². The highest BCUT2D eigenvalue weighted by Crippen LogP contribution is 2.32. The highest BCUT2D eigenvalue weighted by atomic mass is 32.2. The third kappa shape index (κ3) is 3.12. The lowest BCUT2D eigenvalue weighted by Gasteiger charge is -2.12. The maximum Gasteiger partial charge on any atom is 0.179 e. The topological polar surface area (TPSA) is 47.3 Å². The zero-order valence-corrected chi connectivity index (χ0v) is 14.2. The van der Waals surface area contributed by atoms with Gasteiger partial charge in [-0.25, -0.2) is 12.8 Å². The quantitative estimate of drug-likeness (QED) is 0.688. The second kappa shape index (κ2) is 6.24. The van der Waals surface area contributed by atoms with Crippen molar-refractivity contribution in [1.29, 1.82) is 0 Å². The molecule has 0 aliphatic rings. The molecule has 0 fully saturated rings. The van der Waals surface area contributed by atoms with E-state index in [-0.39, 0.29) is 4.90 Å². The Morgan fingerprint density at radius 3 is 2.25 bits per heavy atom. The number of furan rings is 1. The Bertz CT molecular complexity index is 957. The summed E-state index contributed by atoms with van der Waals surface area (Å²) in [6, 6.07) is 13.9. The summed E-state index contributed by atoms with van der Waals surface area (Å²) in [5.41, 5.74) is 2.67. The molecule has 3 aromatic rings. The van der Waals surface area contributed by atoms with Gasteiger partial charge in [0.15, 0.2) is 9.84 Å². The largest absolute Gasteiger partial charge is 0.464 e. The summed E-state index contributed by atoms with van der Waals surface area (Å²) in [4.78, 5) is -0.259. The Labute approximate surface area is 140 Å². The van der Waals surface area contributed by atoms with Crippen LogP contribution < -0.4 is 0 Å². The normalized spacial score (nSPS) is 11.6. The van der Waals surface area contributed by atoms with E-state index in [9.17, 15) is 12.8 Å². The fraction of sp³-hybridized carbons (Fsp3) is 0.158. The molecule has 0 atom stereocenters. The van der Waals surface area contributed by atoms with Gasteiger partial charge < -0.3 is 4.42 Å². The Morgan fingerprint density at radius 1 is 1.04 bits per heavy atom. The molecular weight excluding hydrogens is 327 g/mol. The van der Waals surface area contributed by atoms with Crippen LogP contribution in [-0.4, -0.2) is 14.7 Å². The van der Waals surface area contributed by atoms with Crippen molar-refractivity contribution in [2.75, 3.05) is 6.26 Å². The number of sulfone groups is 1. The van der Waals surface area contributed by atoms with Crippen molar-refractivity contribution >= 4 is 9.84 Å². The molecule has 0 aliphatic heterocycles. The van der Waals surface area contributed by atoms with E-state index in [2.05, 4.69) is 0 Å². The lowest BCUT2D eigenvalue weighted by Crippen LogP contribution is -2.05. The fourth-order valence-corrected chi connectivity index (χ4v) is 3.69. The molecule has 0 aliphatic carbocycles. The van der Waals surface area contributed by atoms with Crippen molar-refractivity contribution in [2.24, 2.45) is 0 Å². The molecule has 124 valence electrons.